The standard InChI is InChI=1S/C58H116O2.4C2H4O2/c1-10-19-27-35-44-54(45-43-48-56(55(59)60-18-9,46-36-28-20-11-2)47-37-29-21-12-3)58(52-41-33-25-16-7,53-42-34-26-17-8)57(49-38-30-22-13-4,50-39-31-23-14-5)51-40-32-24-15-6;4*1-2(3)4/h54H,10-53H2,1-9H3;4*1H3,(H,3,4). The molecule has 1 unspecified atom stereocenters. The van der Waals surface area contributed by atoms with Crippen molar-refractivity contribution in [3.8, 4) is 0 Å². The number of hydrogen-bond donors (Lipinski definition) is 4. The van der Waals surface area contributed by atoms with Crippen LogP contribution in [0.15, 0.2) is 0 Å². The van der Waals surface area contributed by atoms with E-state index < -0.39 is 23.9 Å². The molecule has 4 N–H and O–H groups in total. The van der Waals surface area contributed by atoms with Crippen LogP contribution in [-0.4, -0.2) is 56.9 Å². The van der Waals surface area contributed by atoms with Gasteiger partial charge in [-0.2, -0.15) is 0 Å². The zero-order valence-corrected chi connectivity index (χ0v) is 52.9. The summed E-state index contributed by atoms with van der Waals surface area (Å²) in [6.07, 6.45) is 57.7. The van der Waals surface area contributed by atoms with E-state index in [2.05, 4.69) is 55.4 Å². The summed E-state index contributed by atoms with van der Waals surface area (Å²) in [7, 11) is 0. The minimum atomic E-state index is -0.833. The lowest BCUT2D eigenvalue weighted by Crippen LogP contribution is -2.48. The van der Waals surface area contributed by atoms with Gasteiger partial charge in [-0.1, -0.05) is 267 Å². The van der Waals surface area contributed by atoms with Gasteiger partial charge in [0.2, 0.25) is 0 Å². The quantitative estimate of drug-likeness (QED) is 0.0339. The molecule has 0 saturated carbocycles. The van der Waals surface area contributed by atoms with Crippen LogP contribution in [0.5, 0.6) is 0 Å². The summed E-state index contributed by atoms with van der Waals surface area (Å²) in [6.45, 7) is 26.0. The van der Waals surface area contributed by atoms with Crippen molar-refractivity contribution in [3.05, 3.63) is 0 Å². The van der Waals surface area contributed by atoms with Crippen molar-refractivity contribution in [2.24, 2.45) is 22.2 Å². The van der Waals surface area contributed by atoms with E-state index in [9.17, 15) is 4.79 Å². The first-order valence-corrected chi connectivity index (χ1v) is 32.2. The smallest absolute Gasteiger partial charge is 0.312 e. The molecule has 0 radical (unpaired) electrons. The van der Waals surface area contributed by atoms with Gasteiger partial charge in [0.25, 0.3) is 23.9 Å². The fourth-order valence-corrected chi connectivity index (χ4v) is 12.0. The number of esters is 1. The second-order valence-corrected chi connectivity index (χ2v) is 22.6. The average Bonchev–Trinajstić information content (AvgIpc) is 3.35. The molecular formula is C66H132O10. The number of hydrogen-bond acceptors (Lipinski definition) is 6. The molecule has 456 valence electrons. The molecule has 10 heteroatoms. The largest absolute Gasteiger partial charge is 0.481 e. The van der Waals surface area contributed by atoms with E-state index in [0.717, 1.165) is 52.9 Å². The minimum absolute atomic E-state index is 0.153. The third-order valence-electron chi connectivity index (χ3n) is 15.7. The van der Waals surface area contributed by atoms with Crippen LogP contribution in [0.2, 0.25) is 0 Å². The van der Waals surface area contributed by atoms with Crippen molar-refractivity contribution in [2.45, 2.75) is 366 Å². The van der Waals surface area contributed by atoms with Crippen LogP contribution in [0, 0.1) is 22.2 Å². The molecule has 0 aromatic rings. The van der Waals surface area contributed by atoms with Crippen molar-refractivity contribution in [3.63, 3.8) is 0 Å². The van der Waals surface area contributed by atoms with E-state index in [0.29, 0.717) is 17.4 Å². The molecule has 0 heterocycles. The summed E-state index contributed by atoms with van der Waals surface area (Å²) in [4.78, 5) is 50.4. The van der Waals surface area contributed by atoms with Crippen LogP contribution in [0.1, 0.15) is 366 Å². The van der Waals surface area contributed by atoms with Crippen molar-refractivity contribution in [1.82, 2.24) is 0 Å². The summed E-state index contributed by atoms with van der Waals surface area (Å²) in [5, 5.41) is 29.7. The maximum atomic E-state index is 14.4. The second-order valence-electron chi connectivity index (χ2n) is 22.6. The fourth-order valence-electron chi connectivity index (χ4n) is 12.0. The van der Waals surface area contributed by atoms with Gasteiger partial charge >= 0.3 is 5.97 Å². The molecule has 0 fully saturated rings. The Bertz CT molecular complexity index is 1160. The number of carbonyl (C=O) groups is 5. The molecule has 0 aliphatic carbocycles. The summed E-state index contributed by atoms with van der Waals surface area (Å²) in [5.74, 6) is -2.42. The predicted octanol–water partition coefficient (Wildman–Crippen LogP) is 21.4. The molecule has 0 amide bonds. The molecule has 0 aliphatic rings. The molecule has 76 heavy (non-hydrogen) atoms. The number of unbranched alkanes of at least 4 members (excludes halogenated alkanes) is 24. The molecule has 0 aromatic carbocycles. The number of carbonyl (C=O) groups excluding carboxylic acids is 1. The van der Waals surface area contributed by atoms with Gasteiger partial charge in [0.15, 0.2) is 0 Å². The lowest BCUT2D eigenvalue weighted by atomic mass is 9.47. The first-order valence-electron chi connectivity index (χ1n) is 32.2. The third-order valence-corrected chi connectivity index (χ3v) is 15.7. The highest BCUT2D eigenvalue weighted by molar-refractivity contribution is 5.76. The van der Waals surface area contributed by atoms with Crippen LogP contribution in [0.4, 0.5) is 0 Å². The summed E-state index contributed by atoms with van der Waals surface area (Å²) < 4.78 is 6.10. The normalized spacial score (nSPS) is 11.6. The highest BCUT2D eigenvalue weighted by Crippen LogP contribution is 2.62. The Hall–Kier alpha value is -2.65. The Balaban J connectivity index is -0.000000912. The molecule has 0 saturated heterocycles. The van der Waals surface area contributed by atoms with E-state index in [4.69, 9.17) is 44.3 Å². The van der Waals surface area contributed by atoms with Crippen LogP contribution >= 0.6 is 0 Å². The van der Waals surface area contributed by atoms with E-state index in [1.54, 1.807) is 0 Å². The SMILES string of the molecule is CC(=O)O.CC(=O)O.CC(=O)O.CC(=O)O.CCCCCCC(CCCC(CCCCCC)(CCCCCC)C(=O)OCC)C(CCCCCC)(CCCCCC)C(CCCCCC)(CCCCCC)CCCCCC. The number of ether oxygens (including phenoxy) is 1. The van der Waals surface area contributed by atoms with Crippen LogP contribution < -0.4 is 0 Å². The molecular weight excluding hydrogens is 953 g/mol. The van der Waals surface area contributed by atoms with Gasteiger partial charge < -0.3 is 25.2 Å². The van der Waals surface area contributed by atoms with Gasteiger partial charge in [-0.15, -0.1) is 0 Å². The zero-order chi connectivity index (χ0) is 58.8. The van der Waals surface area contributed by atoms with Crippen molar-refractivity contribution in [2.75, 3.05) is 6.61 Å². The maximum absolute atomic E-state index is 14.4. The molecule has 10 nitrogen and oxygen atoms in total. The number of rotatable bonds is 48. The Labute approximate surface area is 472 Å². The minimum Gasteiger partial charge on any atom is -0.481 e. The van der Waals surface area contributed by atoms with Crippen molar-refractivity contribution < 1.29 is 49.1 Å². The predicted molar refractivity (Wildman–Crippen MR) is 325 cm³/mol. The van der Waals surface area contributed by atoms with Crippen molar-refractivity contribution in [1.29, 1.82) is 0 Å². The first kappa shape index (κ1) is 82.2. The van der Waals surface area contributed by atoms with E-state index >= 15 is 0 Å². The monoisotopic (exact) mass is 1080 g/mol. The maximum Gasteiger partial charge on any atom is 0.312 e. The van der Waals surface area contributed by atoms with Crippen LogP contribution in [-0.2, 0) is 28.7 Å². The summed E-state index contributed by atoms with van der Waals surface area (Å²) >= 11 is 0. The Morgan fingerprint density at radius 1 is 0.316 bits per heavy atom. The lowest BCUT2D eigenvalue weighted by molar-refractivity contribution is -0.157. The van der Waals surface area contributed by atoms with Crippen LogP contribution in [0.3, 0.4) is 0 Å². The highest BCUT2D eigenvalue weighted by Gasteiger charge is 2.52. The van der Waals surface area contributed by atoms with Gasteiger partial charge in [0.1, 0.15) is 0 Å². The molecule has 0 spiro atoms. The third kappa shape index (κ3) is 50.8. The first-order chi connectivity index (χ1) is 36.3. The molecule has 0 aromatic heterocycles. The Kier molecular flexibility index (Phi) is 64.9. The zero-order valence-electron chi connectivity index (χ0n) is 52.9. The molecule has 0 rings (SSSR count). The number of aliphatic carboxylic acids is 4. The van der Waals surface area contributed by atoms with E-state index in [1.807, 2.05) is 6.92 Å². The molecule has 0 bridgehead atoms. The second kappa shape index (κ2) is 60.0. The highest BCUT2D eigenvalue weighted by atomic mass is 16.5. The number of carboxylic acids is 4. The Morgan fingerprint density at radius 2 is 0.539 bits per heavy atom. The molecule has 0 aliphatic heterocycles. The number of carboxylic acid groups (broad SMARTS) is 4. The van der Waals surface area contributed by atoms with Gasteiger partial charge in [-0.25, -0.2) is 0 Å². The van der Waals surface area contributed by atoms with Crippen LogP contribution in [0.25, 0.3) is 0 Å². The van der Waals surface area contributed by atoms with E-state index in [1.165, 1.54) is 257 Å². The molecule has 1 atom stereocenters. The average molecular weight is 1090 g/mol. The summed E-state index contributed by atoms with van der Waals surface area (Å²) in [6, 6.07) is 0. The summed E-state index contributed by atoms with van der Waals surface area (Å²) in [5.41, 5.74) is 0.543. The van der Waals surface area contributed by atoms with Crippen molar-refractivity contribution >= 4 is 29.8 Å². The lowest BCUT2D eigenvalue weighted by Gasteiger charge is -2.57. The fraction of sp³-hybridized carbons (Fsp3) is 0.924. The van der Waals surface area contributed by atoms with E-state index in [-0.39, 0.29) is 11.4 Å². The van der Waals surface area contributed by atoms with Gasteiger partial charge in [0.05, 0.1) is 12.0 Å². The topological polar surface area (TPSA) is 175 Å². The Morgan fingerprint density at radius 3 is 0.803 bits per heavy atom. The van der Waals surface area contributed by atoms with Gasteiger partial charge in [-0.3, -0.25) is 24.0 Å². The van der Waals surface area contributed by atoms with Gasteiger partial charge in [0, 0.05) is 27.7 Å². The van der Waals surface area contributed by atoms with Gasteiger partial charge in [-0.05, 0) is 87.9 Å².